The lowest BCUT2D eigenvalue weighted by Crippen LogP contribution is -2.16. The Morgan fingerprint density at radius 2 is 2.25 bits per heavy atom. The molecule has 0 unspecified atom stereocenters. The number of carbonyl (C=O) groups is 1. The van der Waals surface area contributed by atoms with Crippen LogP contribution in [0.2, 0.25) is 0 Å². The number of aromatic nitrogens is 1. The molecule has 0 spiro atoms. The fourth-order valence-electron chi connectivity index (χ4n) is 1.81. The molecule has 0 saturated heterocycles. The van der Waals surface area contributed by atoms with Gasteiger partial charge in [0, 0.05) is 24.7 Å². The molecule has 0 radical (unpaired) electrons. The van der Waals surface area contributed by atoms with Crippen LogP contribution in [0.1, 0.15) is 40.4 Å². The largest absolute Gasteiger partial charge is 0.309 e. The third-order valence-corrected chi connectivity index (χ3v) is 3.00. The van der Waals surface area contributed by atoms with Crippen LogP contribution < -0.4 is 0 Å². The van der Waals surface area contributed by atoms with Gasteiger partial charge in [0.15, 0.2) is 6.29 Å². The van der Waals surface area contributed by atoms with Crippen molar-refractivity contribution in [1.82, 2.24) is 9.88 Å². The third kappa shape index (κ3) is 2.67. The highest BCUT2D eigenvalue weighted by Crippen LogP contribution is 2.39. The molecule has 0 amide bonds. The molecule has 1 heterocycles. The molecule has 16 heavy (non-hydrogen) atoms. The van der Waals surface area contributed by atoms with Gasteiger partial charge in [-0.2, -0.15) is 0 Å². The van der Waals surface area contributed by atoms with Crippen LogP contribution in [0.3, 0.4) is 0 Å². The summed E-state index contributed by atoms with van der Waals surface area (Å²) < 4.78 is 0. The van der Waals surface area contributed by atoms with Gasteiger partial charge in [0.25, 0.3) is 0 Å². The van der Waals surface area contributed by atoms with Crippen molar-refractivity contribution >= 4 is 6.29 Å². The van der Waals surface area contributed by atoms with Crippen molar-refractivity contribution in [3.8, 4) is 0 Å². The Balaban J connectivity index is 2.14. The predicted octanol–water partition coefficient (Wildman–Crippen LogP) is 1.88. The minimum atomic E-state index is 0.661. The average Bonchev–Trinajstić information content (AvgIpc) is 3.09. The Labute approximate surface area is 96.5 Å². The Morgan fingerprint density at radius 1 is 1.50 bits per heavy atom. The van der Waals surface area contributed by atoms with Gasteiger partial charge in [-0.3, -0.25) is 9.78 Å². The highest BCUT2D eigenvalue weighted by Gasteiger charge is 2.24. The van der Waals surface area contributed by atoms with Crippen molar-refractivity contribution in [1.29, 1.82) is 0 Å². The molecule has 1 aromatic rings. The number of likely N-dealkylation sites (N-methyl/N-ethyl adjacent to an activating group) is 1. The van der Waals surface area contributed by atoms with E-state index in [0.29, 0.717) is 5.92 Å². The smallest absolute Gasteiger partial charge is 0.151 e. The topological polar surface area (TPSA) is 33.2 Å². The minimum Gasteiger partial charge on any atom is -0.309 e. The van der Waals surface area contributed by atoms with E-state index in [2.05, 4.69) is 9.88 Å². The van der Waals surface area contributed by atoms with Crippen molar-refractivity contribution in [2.75, 3.05) is 20.6 Å². The standard InChI is InChI=1S/C13H18N2O/c1-15(2)6-5-13-12(9-16)7-11(8-14-13)10-3-4-10/h7-10H,3-6H2,1-2H3. The lowest BCUT2D eigenvalue weighted by molar-refractivity contribution is 0.112. The quantitative estimate of drug-likeness (QED) is 0.707. The van der Waals surface area contributed by atoms with Crippen LogP contribution in [-0.2, 0) is 6.42 Å². The van der Waals surface area contributed by atoms with Crippen LogP contribution in [0.25, 0.3) is 0 Å². The summed E-state index contributed by atoms with van der Waals surface area (Å²) in [6, 6.07) is 2.02. The zero-order valence-corrected chi connectivity index (χ0v) is 9.94. The number of nitrogens with zero attached hydrogens (tertiary/aromatic N) is 2. The Bertz CT molecular complexity index is 384. The monoisotopic (exact) mass is 218 g/mol. The molecule has 0 aliphatic heterocycles. The van der Waals surface area contributed by atoms with Crippen LogP contribution in [0, 0.1) is 0 Å². The molecule has 1 aromatic heterocycles. The van der Waals surface area contributed by atoms with Crippen molar-refractivity contribution in [3.63, 3.8) is 0 Å². The number of aldehydes is 1. The first-order valence-corrected chi connectivity index (χ1v) is 5.79. The van der Waals surface area contributed by atoms with E-state index in [1.165, 1.54) is 18.4 Å². The van der Waals surface area contributed by atoms with Crippen LogP contribution in [0.5, 0.6) is 0 Å². The van der Waals surface area contributed by atoms with Gasteiger partial charge in [-0.25, -0.2) is 0 Å². The number of rotatable bonds is 5. The van der Waals surface area contributed by atoms with Gasteiger partial charge in [0.2, 0.25) is 0 Å². The third-order valence-electron chi connectivity index (χ3n) is 3.00. The van der Waals surface area contributed by atoms with Crippen LogP contribution in [0.15, 0.2) is 12.3 Å². The van der Waals surface area contributed by atoms with Gasteiger partial charge in [-0.15, -0.1) is 0 Å². The second-order valence-electron chi connectivity index (χ2n) is 4.75. The molecule has 0 N–H and O–H groups in total. The molecule has 3 heteroatoms. The van der Waals surface area contributed by atoms with Crippen molar-refractivity contribution in [2.45, 2.75) is 25.2 Å². The Morgan fingerprint density at radius 3 is 2.81 bits per heavy atom. The highest BCUT2D eigenvalue weighted by molar-refractivity contribution is 5.76. The first kappa shape index (κ1) is 11.3. The van der Waals surface area contributed by atoms with E-state index in [-0.39, 0.29) is 0 Å². The summed E-state index contributed by atoms with van der Waals surface area (Å²) in [5, 5.41) is 0. The van der Waals surface area contributed by atoms with Gasteiger partial charge in [0.05, 0.1) is 5.69 Å². The SMILES string of the molecule is CN(C)CCc1ncc(C2CC2)cc1C=O. The number of carbonyl (C=O) groups excluding carboxylic acids is 1. The van der Waals surface area contributed by atoms with E-state index < -0.39 is 0 Å². The van der Waals surface area contributed by atoms with Crippen LogP contribution in [-0.4, -0.2) is 36.8 Å². The fraction of sp³-hybridized carbons (Fsp3) is 0.538. The summed E-state index contributed by atoms with van der Waals surface area (Å²) in [6.07, 6.45) is 6.21. The molecule has 1 saturated carbocycles. The molecule has 3 nitrogen and oxygen atoms in total. The lowest BCUT2D eigenvalue weighted by atomic mass is 10.1. The fourth-order valence-corrected chi connectivity index (χ4v) is 1.81. The summed E-state index contributed by atoms with van der Waals surface area (Å²) in [5.41, 5.74) is 2.93. The molecule has 1 fully saturated rings. The van der Waals surface area contributed by atoms with Crippen LogP contribution in [0.4, 0.5) is 0 Å². The zero-order chi connectivity index (χ0) is 11.5. The molecular weight excluding hydrogens is 200 g/mol. The zero-order valence-electron chi connectivity index (χ0n) is 9.94. The summed E-state index contributed by atoms with van der Waals surface area (Å²) in [7, 11) is 4.05. The summed E-state index contributed by atoms with van der Waals surface area (Å²) in [5.74, 6) is 0.661. The maximum absolute atomic E-state index is 11.0. The van der Waals surface area contributed by atoms with E-state index in [9.17, 15) is 4.79 Å². The van der Waals surface area contributed by atoms with Crippen molar-refractivity contribution in [2.24, 2.45) is 0 Å². The summed E-state index contributed by atoms with van der Waals surface area (Å²) >= 11 is 0. The second-order valence-corrected chi connectivity index (χ2v) is 4.75. The highest BCUT2D eigenvalue weighted by atomic mass is 16.1. The maximum atomic E-state index is 11.0. The van der Waals surface area contributed by atoms with E-state index in [1.54, 1.807) is 0 Å². The van der Waals surface area contributed by atoms with Crippen LogP contribution >= 0.6 is 0 Å². The predicted molar refractivity (Wildman–Crippen MR) is 63.9 cm³/mol. The van der Waals surface area contributed by atoms with Crippen molar-refractivity contribution < 1.29 is 4.79 Å². The molecule has 0 aromatic carbocycles. The normalized spacial score (nSPS) is 15.4. The van der Waals surface area contributed by atoms with E-state index in [0.717, 1.165) is 30.5 Å². The molecule has 1 aliphatic rings. The summed E-state index contributed by atoms with van der Waals surface area (Å²) in [4.78, 5) is 17.5. The Hall–Kier alpha value is -1.22. The first-order chi connectivity index (χ1) is 7.70. The summed E-state index contributed by atoms with van der Waals surface area (Å²) in [6.45, 7) is 0.927. The van der Waals surface area contributed by atoms with E-state index in [4.69, 9.17) is 0 Å². The maximum Gasteiger partial charge on any atom is 0.151 e. The molecule has 2 rings (SSSR count). The number of pyridine rings is 1. The molecule has 0 bridgehead atoms. The number of hydrogen-bond donors (Lipinski definition) is 0. The van der Waals surface area contributed by atoms with Crippen molar-refractivity contribution in [3.05, 3.63) is 29.1 Å². The molecule has 0 atom stereocenters. The van der Waals surface area contributed by atoms with Gasteiger partial charge >= 0.3 is 0 Å². The second kappa shape index (κ2) is 4.74. The first-order valence-electron chi connectivity index (χ1n) is 5.79. The van der Waals surface area contributed by atoms with Gasteiger partial charge < -0.3 is 4.90 Å². The van der Waals surface area contributed by atoms with Gasteiger partial charge in [-0.1, -0.05) is 0 Å². The minimum absolute atomic E-state index is 0.661. The van der Waals surface area contributed by atoms with E-state index >= 15 is 0 Å². The average molecular weight is 218 g/mol. The Kier molecular flexibility index (Phi) is 3.34. The van der Waals surface area contributed by atoms with Gasteiger partial charge in [-0.05, 0) is 44.5 Å². The number of hydrogen-bond acceptors (Lipinski definition) is 3. The van der Waals surface area contributed by atoms with E-state index in [1.807, 2.05) is 26.4 Å². The van der Waals surface area contributed by atoms with Gasteiger partial charge in [0.1, 0.15) is 0 Å². The molecule has 1 aliphatic carbocycles. The molecular formula is C13H18N2O. The lowest BCUT2D eigenvalue weighted by Gasteiger charge is -2.10. The molecule has 86 valence electrons.